The third-order valence-electron chi connectivity index (χ3n) is 7.31. The van der Waals surface area contributed by atoms with Gasteiger partial charge in [0.2, 0.25) is 18.1 Å². The van der Waals surface area contributed by atoms with E-state index < -0.39 is 41.2 Å². The zero-order valence-electron chi connectivity index (χ0n) is 28.3. The molecule has 0 aromatic rings. The Bertz CT molecular complexity index is 911. The average molecular weight is 626 g/mol. The normalized spacial score (nSPS) is 18.8. The molecule has 12 nitrogen and oxygen atoms in total. The molecule has 0 radical (unpaired) electrons. The molecule has 12 heteroatoms. The van der Waals surface area contributed by atoms with Gasteiger partial charge in [0.25, 0.3) is 5.91 Å². The van der Waals surface area contributed by atoms with E-state index >= 15 is 0 Å². The van der Waals surface area contributed by atoms with Gasteiger partial charge in [-0.1, -0.05) is 67.7 Å². The SMILES string of the molecule is CC.CC1CCCN1C(=O)[C@@H](NC(=O)NCC(=O)OC1CCCC1)C(C)(C)C.CCC.NC(=O)C(=O)C(CC1CC1)NC=O. The van der Waals surface area contributed by atoms with E-state index in [1.165, 1.54) is 6.42 Å². The summed E-state index contributed by atoms with van der Waals surface area (Å²) in [6, 6.07) is -1.69. The largest absolute Gasteiger partial charge is 0.461 e. The first-order valence-corrected chi connectivity index (χ1v) is 16.3. The summed E-state index contributed by atoms with van der Waals surface area (Å²) in [5.41, 5.74) is 4.39. The highest BCUT2D eigenvalue weighted by Crippen LogP contribution is 2.33. The van der Waals surface area contributed by atoms with Crippen LogP contribution in [0.5, 0.6) is 0 Å². The molecule has 2 aliphatic carbocycles. The number of esters is 1. The second-order valence-corrected chi connectivity index (χ2v) is 12.5. The molecule has 44 heavy (non-hydrogen) atoms. The van der Waals surface area contributed by atoms with E-state index in [0.717, 1.165) is 57.9 Å². The minimum Gasteiger partial charge on any atom is -0.461 e. The van der Waals surface area contributed by atoms with Gasteiger partial charge in [0.15, 0.2) is 0 Å². The van der Waals surface area contributed by atoms with Crippen LogP contribution in [0.4, 0.5) is 4.79 Å². The second kappa shape index (κ2) is 21.5. The van der Waals surface area contributed by atoms with Crippen molar-refractivity contribution in [2.45, 2.75) is 144 Å². The fourth-order valence-corrected chi connectivity index (χ4v) is 4.84. The molecular formula is C32H59N5O7. The number of nitrogens with zero attached hydrogens (tertiary/aromatic N) is 1. The van der Waals surface area contributed by atoms with Gasteiger partial charge in [-0.3, -0.25) is 24.0 Å². The summed E-state index contributed by atoms with van der Waals surface area (Å²) >= 11 is 0. The van der Waals surface area contributed by atoms with E-state index in [4.69, 9.17) is 10.5 Å². The number of hydrogen-bond donors (Lipinski definition) is 4. The number of urea groups is 1. The number of nitrogens with two attached hydrogens (primary N) is 1. The fraction of sp³-hybridized carbons (Fsp3) is 0.812. The van der Waals surface area contributed by atoms with Gasteiger partial charge in [-0.05, 0) is 63.2 Å². The number of ketones is 1. The van der Waals surface area contributed by atoms with Crippen molar-refractivity contribution in [3.63, 3.8) is 0 Å². The smallest absolute Gasteiger partial charge is 0.325 e. The zero-order valence-corrected chi connectivity index (χ0v) is 28.3. The summed E-state index contributed by atoms with van der Waals surface area (Å²) in [4.78, 5) is 70.6. The van der Waals surface area contributed by atoms with Gasteiger partial charge in [-0.2, -0.15) is 0 Å². The molecule has 5 N–H and O–H groups in total. The maximum atomic E-state index is 12.9. The van der Waals surface area contributed by atoms with Crippen molar-refractivity contribution < 1.29 is 33.5 Å². The highest BCUT2D eigenvalue weighted by molar-refractivity contribution is 6.37. The van der Waals surface area contributed by atoms with Crippen LogP contribution in [-0.2, 0) is 28.7 Å². The third kappa shape index (κ3) is 16.0. The van der Waals surface area contributed by atoms with Crippen LogP contribution < -0.4 is 21.7 Å². The maximum absolute atomic E-state index is 12.9. The molecule has 5 amide bonds. The minimum absolute atomic E-state index is 0.0204. The Morgan fingerprint density at radius 1 is 0.977 bits per heavy atom. The molecule has 0 bridgehead atoms. The quantitative estimate of drug-likeness (QED) is 0.154. The van der Waals surface area contributed by atoms with Crippen LogP contribution in [0.3, 0.4) is 0 Å². The number of likely N-dealkylation sites (tertiary alicyclic amines) is 1. The van der Waals surface area contributed by atoms with E-state index in [9.17, 15) is 28.8 Å². The molecule has 3 fully saturated rings. The molecular weight excluding hydrogens is 566 g/mol. The van der Waals surface area contributed by atoms with Crippen molar-refractivity contribution in [1.82, 2.24) is 20.9 Å². The predicted octanol–water partition coefficient (Wildman–Crippen LogP) is 3.60. The lowest BCUT2D eigenvalue weighted by atomic mass is 9.85. The summed E-state index contributed by atoms with van der Waals surface area (Å²) in [5.74, 6) is -1.73. The van der Waals surface area contributed by atoms with E-state index in [-0.39, 0.29) is 24.6 Å². The zero-order chi connectivity index (χ0) is 33.9. The molecule has 1 saturated heterocycles. The highest BCUT2D eigenvalue weighted by Gasteiger charge is 2.38. The first-order chi connectivity index (χ1) is 20.7. The summed E-state index contributed by atoms with van der Waals surface area (Å²) < 4.78 is 5.32. The third-order valence-corrected chi connectivity index (χ3v) is 7.31. The van der Waals surface area contributed by atoms with Crippen molar-refractivity contribution in [3.05, 3.63) is 0 Å². The van der Waals surface area contributed by atoms with E-state index in [1.807, 2.05) is 46.4 Å². The average Bonchev–Trinajstić information content (AvgIpc) is 3.43. The van der Waals surface area contributed by atoms with Crippen molar-refractivity contribution in [1.29, 1.82) is 0 Å². The molecule has 2 unspecified atom stereocenters. The van der Waals surface area contributed by atoms with Crippen LogP contribution in [0.2, 0.25) is 0 Å². The topological polar surface area (TPSA) is 177 Å². The fourth-order valence-electron chi connectivity index (χ4n) is 4.84. The van der Waals surface area contributed by atoms with Crippen LogP contribution in [0.1, 0.15) is 120 Å². The number of rotatable bonds is 11. The minimum atomic E-state index is -0.986. The molecule has 3 rings (SSSR count). The molecule has 3 aliphatic rings. The van der Waals surface area contributed by atoms with Gasteiger partial charge in [-0.25, -0.2) is 4.79 Å². The molecule has 1 aliphatic heterocycles. The lowest BCUT2D eigenvalue weighted by Gasteiger charge is -2.35. The Balaban J connectivity index is 0.000000857. The van der Waals surface area contributed by atoms with Crippen LogP contribution in [0, 0.1) is 11.3 Å². The van der Waals surface area contributed by atoms with E-state index in [1.54, 1.807) is 0 Å². The number of Topliss-reactive ketones (excluding diaryl/α,β-unsaturated/α-hetero) is 1. The molecule has 254 valence electrons. The van der Waals surface area contributed by atoms with Crippen molar-refractivity contribution in [2.24, 2.45) is 17.1 Å². The molecule has 2 saturated carbocycles. The van der Waals surface area contributed by atoms with Crippen molar-refractivity contribution >= 4 is 36.0 Å². The predicted molar refractivity (Wildman–Crippen MR) is 170 cm³/mol. The van der Waals surface area contributed by atoms with Crippen LogP contribution >= 0.6 is 0 Å². The van der Waals surface area contributed by atoms with Crippen LogP contribution in [0.15, 0.2) is 0 Å². The first-order valence-electron chi connectivity index (χ1n) is 16.3. The Labute approximate surface area is 264 Å². The van der Waals surface area contributed by atoms with Crippen LogP contribution in [0.25, 0.3) is 0 Å². The van der Waals surface area contributed by atoms with Gasteiger partial charge in [-0.15, -0.1) is 0 Å². The van der Waals surface area contributed by atoms with Gasteiger partial charge < -0.3 is 31.3 Å². The number of ether oxygens (including phenoxy) is 1. The molecule has 3 atom stereocenters. The van der Waals surface area contributed by atoms with Gasteiger partial charge >= 0.3 is 12.0 Å². The number of hydrogen-bond acceptors (Lipinski definition) is 7. The number of primary amides is 1. The molecule has 0 aromatic carbocycles. The highest BCUT2D eigenvalue weighted by atomic mass is 16.5. The number of amides is 5. The van der Waals surface area contributed by atoms with E-state index in [0.29, 0.717) is 18.7 Å². The van der Waals surface area contributed by atoms with Gasteiger partial charge in [0.05, 0.1) is 6.04 Å². The van der Waals surface area contributed by atoms with Gasteiger partial charge in [0.1, 0.15) is 18.7 Å². The summed E-state index contributed by atoms with van der Waals surface area (Å²) in [6.45, 7) is 16.6. The molecule has 1 heterocycles. The Morgan fingerprint density at radius 2 is 1.55 bits per heavy atom. The van der Waals surface area contributed by atoms with Gasteiger partial charge in [0, 0.05) is 12.6 Å². The van der Waals surface area contributed by atoms with Crippen molar-refractivity contribution in [3.8, 4) is 0 Å². The summed E-state index contributed by atoms with van der Waals surface area (Å²) in [7, 11) is 0. The Kier molecular flexibility index (Phi) is 20.0. The lowest BCUT2D eigenvalue weighted by molar-refractivity contribution is -0.147. The number of carbonyl (C=O) groups excluding carboxylic acids is 6. The van der Waals surface area contributed by atoms with Crippen molar-refractivity contribution in [2.75, 3.05) is 13.1 Å². The lowest BCUT2D eigenvalue weighted by Crippen LogP contribution is -2.57. The maximum Gasteiger partial charge on any atom is 0.325 e. The standard InChI is InChI=1S/C19H33N3O4.C8H12N2O3.C3H8.C2H6/c1-13-8-7-11-22(13)17(24)16(19(2,3)4)21-18(25)20-12-15(23)26-14-9-5-6-10-14;9-8(13)7(12)6(10-4-11)3-5-1-2-5;1-3-2;1-2/h13-14,16H,5-12H2,1-4H3,(H2,20,21,25);4-6H,1-3H2,(H2,9,13)(H,10,11);3H2,1-2H3;1-2H3/t13?,16-;;;/m1.../s1. The second-order valence-electron chi connectivity index (χ2n) is 12.5. The monoisotopic (exact) mass is 625 g/mol. The molecule has 0 spiro atoms. The summed E-state index contributed by atoms with van der Waals surface area (Å²) in [5, 5.41) is 7.58. The van der Waals surface area contributed by atoms with E-state index in [2.05, 4.69) is 29.8 Å². The summed E-state index contributed by atoms with van der Waals surface area (Å²) in [6.07, 6.45) is 10.2. The Hall–Kier alpha value is -3.18. The van der Waals surface area contributed by atoms with Crippen LogP contribution in [-0.4, -0.2) is 78.2 Å². The Morgan fingerprint density at radius 3 is 1.98 bits per heavy atom. The number of nitrogens with one attached hydrogen (secondary N) is 3. The molecule has 0 aromatic heterocycles. The number of carbonyl (C=O) groups is 6. The first kappa shape index (κ1) is 40.8.